The summed E-state index contributed by atoms with van der Waals surface area (Å²) in [5, 5.41) is 0. The second-order valence-corrected chi connectivity index (χ2v) is 4.69. The number of halogens is 1. The minimum absolute atomic E-state index is 0.333. The molecule has 0 radical (unpaired) electrons. The monoisotopic (exact) mass is 301 g/mol. The first kappa shape index (κ1) is 11.1. The average molecular weight is 302 g/mol. The van der Waals surface area contributed by atoms with Crippen LogP contribution in [0.2, 0.25) is 0 Å². The van der Waals surface area contributed by atoms with Crippen LogP contribution in [0, 0.1) is 0 Å². The van der Waals surface area contributed by atoms with Crippen molar-refractivity contribution in [2.45, 2.75) is 0 Å². The lowest BCUT2D eigenvalue weighted by Crippen LogP contribution is -2.19. The van der Waals surface area contributed by atoms with Crippen molar-refractivity contribution in [3.63, 3.8) is 0 Å². The molecule has 3 aromatic rings. The first-order valence-electron chi connectivity index (χ1n) is 5.35. The molecule has 3 rings (SSSR count). The van der Waals surface area contributed by atoms with E-state index in [9.17, 15) is 4.79 Å². The molecule has 0 N–H and O–H groups in total. The van der Waals surface area contributed by atoms with Crippen LogP contribution in [0.5, 0.6) is 0 Å². The van der Waals surface area contributed by atoms with Gasteiger partial charge in [0, 0.05) is 16.2 Å². The molecule has 88 valence electrons. The van der Waals surface area contributed by atoms with Gasteiger partial charge in [-0.2, -0.15) is 4.98 Å². The van der Waals surface area contributed by atoms with Crippen molar-refractivity contribution >= 4 is 21.6 Å². The van der Waals surface area contributed by atoms with Crippen LogP contribution in [0.15, 0.2) is 57.9 Å². The van der Waals surface area contributed by atoms with Gasteiger partial charge in [-0.05, 0) is 28.1 Å². The minimum atomic E-state index is -0.333. The van der Waals surface area contributed by atoms with Gasteiger partial charge in [0.05, 0.1) is 0 Å². The maximum atomic E-state index is 11.9. The summed E-state index contributed by atoms with van der Waals surface area (Å²) in [7, 11) is 0. The molecule has 0 atom stereocenters. The standard InChI is InChI=1S/C13H8BrN3O/c14-10-6-7-11-15-12(9-4-2-1-3-5-9)16-13(18)17(11)8-10/h1-8H. The highest BCUT2D eigenvalue weighted by Gasteiger charge is 2.05. The molecule has 0 saturated carbocycles. The van der Waals surface area contributed by atoms with E-state index in [4.69, 9.17) is 0 Å². The SMILES string of the molecule is O=c1nc(-c2ccccc2)nc2ccc(Br)cn12. The first-order chi connectivity index (χ1) is 8.74. The van der Waals surface area contributed by atoms with Crippen molar-refractivity contribution in [3.8, 4) is 11.4 Å². The lowest BCUT2D eigenvalue weighted by molar-refractivity contribution is 0.944. The molecule has 0 amide bonds. The van der Waals surface area contributed by atoms with Crippen LogP contribution in [0.3, 0.4) is 0 Å². The van der Waals surface area contributed by atoms with Crippen molar-refractivity contribution in [1.82, 2.24) is 14.4 Å². The molecule has 0 unspecified atom stereocenters. The van der Waals surface area contributed by atoms with E-state index in [1.165, 1.54) is 4.40 Å². The maximum absolute atomic E-state index is 11.9. The zero-order valence-corrected chi connectivity index (χ0v) is 10.8. The van der Waals surface area contributed by atoms with Crippen LogP contribution >= 0.6 is 15.9 Å². The van der Waals surface area contributed by atoms with Gasteiger partial charge in [0.2, 0.25) is 0 Å². The molecule has 5 heteroatoms. The number of pyridine rings is 1. The van der Waals surface area contributed by atoms with E-state index >= 15 is 0 Å². The van der Waals surface area contributed by atoms with E-state index in [2.05, 4.69) is 25.9 Å². The fraction of sp³-hybridized carbons (Fsp3) is 0. The molecule has 2 aromatic heterocycles. The highest BCUT2D eigenvalue weighted by molar-refractivity contribution is 9.10. The van der Waals surface area contributed by atoms with Gasteiger partial charge < -0.3 is 0 Å². The minimum Gasteiger partial charge on any atom is -0.250 e. The number of aromatic nitrogens is 3. The summed E-state index contributed by atoms with van der Waals surface area (Å²) in [6.45, 7) is 0. The summed E-state index contributed by atoms with van der Waals surface area (Å²) in [4.78, 5) is 20.3. The molecule has 18 heavy (non-hydrogen) atoms. The van der Waals surface area contributed by atoms with Gasteiger partial charge in [0.25, 0.3) is 0 Å². The largest absolute Gasteiger partial charge is 0.355 e. The van der Waals surface area contributed by atoms with Gasteiger partial charge in [0.15, 0.2) is 5.82 Å². The molecule has 0 bridgehead atoms. The van der Waals surface area contributed by atoms with E-state index < -0.39 is 0 Å². The Morgan fingerprint density at radius 2 is 1.78 bits per heavy atom. The fourth-order valence-corrected chi connectivity index (χ4v) is 2.04. The predicted molar refractivity (Wildman–Crippen MR) is 72.4 cm³/mol. The van der Waals surface area contributed by atoms with Crippen molar-refractivity contribution < 1.29 is 0 Å². The summed E-state index contributed by atoms with van der Waals surface area (Å²) in [6.07, 6.45) is 1.66. The highest BCUT2D eigenvalue weighted by atomic mass is 79.9. The fourth-order valence-electron chi connectivity index (χ4n) is 1.71. The quantitative estimate of drug-likeness (QED) is 0.694. The number of nitrogens with zero attached hydrogens (tertiary/aromatic N) is 3. The van der Waals surface area contributed by atoms with Crippen molar-refractivity contribution in [3.05, 3.63) is 63.6 Å². The van der Waals surface area contributed by atoms with Crippen LogP contribution in [0.25, 0.3) is 17.0 Å². The summed E-state index contributed by atoms with van der Waals surface area (Å²) in [5.74, 6) is 0.447. The molecular formula is C13H8BrN3O. The topological polar surface area (TPSA) is 47.3 Å². The number of benzene rings is 1. The number of hydrogen-bond acceptors (Lipinski definition) is 3. The Morgan fingerprint density at radius 3 is 2.56 bits per heavy atom. The third kappa shape index (κ3) is 1.93. The molecule has 0 aliphatic carbocycles. The van der Waals surface area contributed by atoms with Gasteiger partial charge in [0.1, 0.15) is 5.65 Å². The smallest absolute Gasteiger partial charge is 0.250 e. The molecule has 0 aliphatic rings. The second kappa shape index (κ2) is 4.34. The molecule has 0 saturated heterocycles. The molecule has 0 fully saturated rings. The number of hydrogen-bond donors (Lipinski definition) is 0. The highest BCUT2D eigenvalue weighted by Crippen LogP contribution is 2.14. The van der Waals surface area contributed by atoms with Gasteiger partial charge in [-0.25, -0.2) is 9.78 Å². The lowest BCUT2D eigenvalue weighted by Gasteiger charge is -2.03. The Labute approximate surface area is 111 Å². The number of fused-ring (bicyclic) bond motifs is 1. The summed E-state index contributed by atoms with van der Waals surface area (Å²) in [5.41, 5.74) is 1.08. The molecule has 2 heterocycles. The van der Waals surface area contributed by atoms with Gasteiger partial charge in [-0.1, -0.05) is 30.3 Å². The summed E-state index contributed by atoms with van der Waals surface area (Å²) < 4.78 is 2.23. The van der Waals surface area contributed by atoms with Crippen molar-refractivity contribution in [2.75, 3.05) is 0 Å². The Morgan fingerprint density at radius 1 is 1.00 bits per heavy atom. The van der Waals surface area contributed by atoms with Crippen LogP contribution in [0.1, 0.15) is 0 Å². The van der Waals surface area contributed by atoms with E-state index in [0.717, 1.165) is 10.0 Å². The average Bonchev–Trinajstić information content (AvgIpc) is 2.40. The normalized spacial score (nSPS) is 10.7. The van der Waals surface area contributed by atoms with Crippen LogP contribution < -0.4 is 5.69 Å². The molecule has 0 spiro atoms. The van der Waals surface area contributed by atoms with E-state index in [1.54, 1.807) is 12.3 Å². The molecule has 0 aliphatic heterocycles. The first-order valence-corrected chi connectivity index (χ1v) is 6.15. The summed E-state index contributed by atoms with van der Waals surface area (Å²) >= 11 is 3.31. The van der Waals surface area contributed by atoms with E-state index in [0.29, 0.717) is 11.5 Å². The Kier molecular flexibility index (Phi) is 2.68. The van der Waals surface area contributed by atoms with Crippen molar-refractivity contribution in [1.29, 1.82) is 0 Å². The van der Waals surface area contributed by atoms with Crippen molar-refractivity contribution in [2.24, 2.45) is 0 Å². The molecule has 1 aromatic carbocycles. The van der Waals surface area contributed by atoms with E-state index in [1.807, 2.05) is 36.4 Å². The third-order valence-electron chi connectivity index (χ3n) is 2.55. The number of rotatable bonds is 1. The van der Waals surface area contributed by atoms with Gasteiger partial charge in [-0.15, -0.1) is 0 Å². The van der Waals surface area contributed by atoms with Gasteiger partial charge in [-0.3, -0.25) is 4.40 Å². The summed E-state index contributed by atoms with van der Waals surface area (Å²) in [6, 6.07) is 13.1. The predicted octanol–water partition coefficient (Wildman–Crippen LogP) is 2.52. The second-order valence-electron chi connectivity index (χ2n) is 3.77. The van der Waals surface area contributed by atoms with Crippen LogP contribution in [-0.2, 0) is 0 Å². The molecular weight excluding hydrogens is 294 g/mol. The Balaban J connectivity index is 2.29. The third-order valence-corrected chi connectivity index (χ3v) is 3.02. The molecule has 4 nitrogen and oxygen atoms in total. The van der Waals surface area contributed by atoms with E-state index in [-0.39, 0.29) is 5.69 Å². The Bertz CT molecular complexity index is 768. The zero-order valence-electron chi connectivity index (χ0n) is 9.25. The van der Waals surface area contributed by atoms with Gasteiger partial charge >= 0.3 is 5.69 Å². The zero-order chi connectivity index (χ0) is 12.5. The van der Waals surface area contributed by atoms with Crippen LogP contribution in [0.4, 0.5) is 0 Å². The lowest BCUT2D eigenvalue weighted by atomic mass is 10.2. The van der Waals surface area contributed by atoms with Crippen LogP contribution in [-0.4, -0.2) is 14.4 Å². The maximum Gasteiger partial charge on any atom is 0.355 e. The Hall–Kier alpha value is -2.01.